The van der Waals surface area contributed by atoms with E-state index in [1.54, 1.807) is 26.0 Å². The van der Waals surface area contributed by atoms with Crippen molar-refractivity contribution < 1.29 is 17.9 Å². The van der Waals surface area contributed by atoms with E-state index < -0.39 is 10.0 Å². The van der Waals surface area contributed by atoms with Gasteiger partial charge in [-0.2, -0.15) is 0 Å². The molecule has 90 valence electrons. The van der Waals surface area contributed by atoms with Crippen LogP contribution in [0.2, 0.25) is 0 Å². The van der Waals surface area contributed by atoms with Gasteiger partial charge in [0.15, 0.2) is 11.5 Å². The third kappa shape index (κ3) is 2.86. The number of rotatable bonds is 5. The Morgan fingerprint density at radius 1 is 1.19 bits per heavy atom. The summed E-state index contributed by atoms with van der Waals surface area (Å²) in [6, 6.07) is 4.60. The minimum atomic E-state index is -3.80. The van der Waals surface area contributed by atoms with Crippen molar-refractivity contribution in [2.75, 3.05) is 13.2 Å². The van der Waals surface area contributed by atoms with Crippen molar-refractivity contribution in [1.82, 2.24) is 0 Å². The molecule has 0 bridgehead atoms. The van der Waals surface area contributed by atoms with Gasteiger partial charge in [0, 0.05) is 0 Å². The lowest BCUT2D eigenvalue weighted by Gasteiger charge is -2.13. The second kappa shape index (κ2) is 5.18. The largest absolute Gasteiger partial charge is 0.490 e. The molecular weight excluding hydrogens is 230 g/mol. The quantitative estimate of drug-likeness (QED) is 0.843. The monoisotopic (exact) mass is 245 g/mol. The Morgan fingerprint density at radius 3 is 2.31 bits per heavy atom. The van der Waals surface area contributed by atoms with Crippen molar-refractivity contribution in [3.63, 3.8) is 0 Å². The molecule has 0 aliphatic heterocycles. The molecule has 0 aliphatic carbocycles. The molecule has 0 spiro atoms. The number of primary sulfonamides is 1. The van der Waals surface area contributed by atoms with Crippen molar-refractivity contribution in [2.24, 2.45) is 5.14 Å². The Labute approximate surface area is 95.2 Å². The van der Waals surface area contributed by atoms with E-state index in [9.17, 15) is 8.42 Å². The molecule has 0 heterocycles. The molecule has 6 heteroatoms. The van der Waals surface area contributed by atoms with Crippen LogP contribution in [-0.2, 0) is 10.0 Å². The predicted octanol–water partition coefficient (Wildman–Crippen LogP) is 1.13. The molecule has 5 nitrogen and oxygen atoms in total. The molecule has 0 radical (unpaired) electrons. The van der Waals surface area contributed by atoms with Crippen LogP contribution in [0.4, 0.5) is 0 Å². The lowest BCUT2D eigenvalue weighted by Crippen LogP contribution is -2.14. The molecule has 0 aromatic heterocycles. The maximum atomic E-state index is 11.3. The van der Waals surface area contributed by atoms with Crippen LogP contribution in [0.25, 0.3) is 0 Å². The molecule has 0 amide bonds. The Hall–Kier alpha value is -1.27. The van der Waals surface area contributed by atoms with E-state index in [2.05, 4.69) is 0 Å². The first kappa shape index (κ1) is 12.8. The first-order valence-electron chi connectivity index (χ1n) is 4.92. The van der Waals surface area contributed by atoms with E-state index in [-0.39, 0.29) is 10.6 Å². The summed E-state index contributed by atoms with van der Waals surface area (Å²) < 4.78 is 33.2. The fraction of sp³-hybridized carbons (Fsp3) is 0.400. The van der Waals surface area contributed by atoms with Gasteiger partial charge in [-0.05, 0) is 26.0 Å². The van der Waals surface area contributed by atoms with Gasteiger partial charge in [0.2, 0.25) is 10.0 Å². The van der Waals surface area contributed by atoms with Gasteiger partial charge in [-0.15, -0.1) is 0 Å². The average molecular weight is 245 g/mol. The van der Waals surface area contributed by atoms with E-state index in [0.29, 0.717) is 19.0 Å². The van der Waals surface area contributed by atoms with Gasteiger partial charge in [0.05, 0.1) is 13.2 Å². The Bertz CT molecular complexity index is 456. The molecular formula is C10H15NO4S. The maximum absolute atomic E-state index is 11.3. The molecule has 0 saturated heterocycles. The van der Waals surface area contributed by atoms with Crippen LogP contribution in [0.15, 0.2) is 23.1 Å². The van der Waals surface area contributed by atoms with Gasteiger partial charge in [-0.1, -0.05) is 6.07 Å². The van der Waals surface area contributed by atoms with Gasteiger partial charge < -0.3 is 9.47 Å². The summed E-state index contributed by atoms with van der Waals surface area (Å²) in [5.74, 6) is 0.560. The van der Waals surface area contributed by atoms with E-state index in [1.165, 1.54) is 6.07 Å². The van der Waals surface area contributed by atoms with Gasteiger partial charge in [0.1, 0.15) is 4.90 Å². The minimum Gasteiger partial charge on any atom is -0.490 e. The number of hydrogen-bond donors (Lipinski definition) is 1. The summed E-state index contributed by atoms with van der Waals surface area (Å²) in [4.78, 5) is -0.0553. The fourth-order valence-electron chi connectivity index (χ4n) is 1.28. The lowest BCUT2D eigenvalue weighted by molar-refractivity contribution is 0.281. The molecule has 1 rings (SSSR count). The number of hydrogen-bond acceptors (Lipinski definition) is 4. The minimum absolute atomic E-state index is 0.0553. The van der Waals surface area contributed by atoms with Crippen molar-refractivity contribution in [3.05, 3.63) is 18.2 Å². The number of benzene rings is 1. The summed E-state index contributed by atoms with van der Waals surface area (Å²) in [5, 5.41) is 5.09. The first-order chi connectivity index (χ1) is 7.50. The fourth-order valence-corrected chi connectivity index (χ4v) is 1.96. The van der Waals surface area contributed by atoms with Crippen LogP contribution in [-0.4, -0.2) is 21.6 Å². The topological polar surface area (TPSA) is 78.6 Å². The molecule has 0 aliphatic rings. The highest BCUT2D eigenvalue weighted by molar-refractivity contribution is 7.89. The maximum Gasteiger partial charge on any atom is 0.241 e. The summed E-state index contributed by atoms with van der Waals surface area (Å²) in [6.07, 6.45) is 0. The molecule has 0 unspecified atom stereocenters. The van der Waals surface area contributed by atoms with Crippen LogP contribution < -0.4 is 14.6 Å². The van der Waals surface area contributed by atoms with E-state index in [1.807, 2.05) is 0 Å². The van der Waals surface area contributed by atoms with Gasteiger partial charge >= 0.3 is 0 Å². The van der Waals surface area contributed by atoms with Crippen LogP contribution in [0.5, 0.6) is 11.5 Å². The Kier molecular flexibility index (Phi) is 4.14. The standard InChI is InChI=1S/C10H15NO4S/c1-3-14-8-6-5-7-9(16(11,12)13)10(8)15-4-2/h5-7H,3-4H2,1-2H3,(H2,11,12,13). The zero-order valence-electron chi connectivity index (χ0n) is 9.26. The van der Waals surface area contributed by atoms with Crippen LogP contribution in [0.3, 0.4) is 0 Å². The number of para-hydroxylation sites is 1. The highest BCUT2D eigenvalue weighted by Gasteiger charge is 2.18. The van der Waals surface area contributed by atoms with E-state index >= 15 is 0 Å². The van der Waals surface area contributed by atoms with Crippen LogP contribution in [0.1, 0.15) is 13.8 Å². The second-order valence-electron chi connectivity index (χ2n) is 2.99. The normalized spacial score (nSPS) is 11.2. The third-order valence-corrected chi connectivity index (χ3v) is 2.77. The Balaban J connectivity index is 3.32. The number of sulfonamides is 1. The summed E-state index contributed by atoms with van der Waals surface area (Å²) in [6.45, 7) is 4.33. The smallest absolute Gasteiger partial charge is 0.241 e. The van der Waals surface area contributed by atoms with Crippen molar-refractivity contribution in [1.29, 1.82) is 0 Å². The highest BCUT2D eigenvalue weighted by atomic mass is 32.2. The van der Waals surface area contributed by atoms with E-state index in [4.69, 9.17) is 14.6 Å². The first-order valence-corrected chi connectivity index (χ1v) is 6.46. The number of nitrogens with two attached hydrogens (primary N) is 1. The highest BCUT2D eigenvalue weighted by Crippen LogP contribution is 2.33. The predicted molar refractivity (Wildman–Crippen MR) is 60.2 cm³/mol. The molecule has 0 atom stereocenters. The summed E-state index contributed by atoms with van der Waals surface area (Å²) in [7, 11) is -3.80. The third-order valence-electron chi connectivity index (χ3n) is 1.84. The van der Waals surface area contributed by atoms with Gasteiger partial charge in [-0.3, -0.25) is 0 Å². The van der Waals surface area contributed by atoms with Gasteiger partial charge in [0.25, 0.3) is 0 Å². The van der Waals surface area contributed by atoms with Crippen molar-refractivity contribution >= 4 is 10.0 Å². The molecule has 2 N–H and O–H groups in total. The zero-order valence-corrected chi connectivity index (χ0v) is 10.1. The molecule has 16 heavy (non-hydrogen) atoms. The van der Waals surface area contributed by atoms with Crippen LogP contribution in [0, 0.1) is 0 Å². The van der Waals surface area contributed by atoms with E-state index in [0.717, 1.165) is 0 Å². The zero-order chi connectivity index (χ0) is 12.2. The molecule has 0 saturated carbocycles. The summed E-state index contributed by atoms with van der Waals surface area (Å²) in [5.41, 5.74) is 0. The Morgan fingerprint density at radius 2 is 1.81 bits per heavy atom. The van der Waals surface area contributed by atoms with Crippen molar-refractivity contribution in [2.45, 2.75) is 18.7 Å². The molecule has 1 aromatic rings. The molecule has 1 aromatic carbocycles. The lowest BCUT2D eigenvalue weighted by atomic mass is 10.3. The van der Waals surface area contributed by atoms with Gasteiger partial charge in [-0.25, -0.2) is 13.6 Å². The number of ether oxygens (including phenoxy) is 2. The molecule has 0 fully saturated rings. The average Bonchev–Trinajstić information content (AvgIpc) is 2.19. The summed E-state index contributed by atoms with van der Waals surface area (Å²) >= 11 is 0. The SMILES string of the molecule is CCOc1cccc(S(N)(=O)=O)c1OCC. The van der Waals surface area contributed by atoms with Crippen molar-refractivity contribution in [3.8, 4) is 11.5 Å². The second-order valence-corrected chi connectivity index (χ2v) is 4.52. The van der Waals surface area contributed by atoms with Crippen LogP contribution >= 0.6 is 0 Å².